The number of nitro groups is 1. The van der Waals surface area contributed by atoms with E-state index in [4.69, 9.17) is 31.3 Å². The highest BCUT2D eigenvalue weighted by atomic mass is 35.5. The van der Waals surface area contributed by atoms with Crippen molar-refractivity contribution in [2.24, 2.45) is 0 Å². The minimum Gasteiger partial charge on any atom is -0.376 e. The molecule has 1 aliphatic rings. The zero-order chi connectivity index (χ0) is 24.3. The predicted molar refractivity (Wildman–Crippen MR) is 131 cm³/mol. The molecule has 1 saturated heterocycles. The molecule has 0 bridgehead atoms. The zero-order valence-corrected chi connectivity index (χ0v) is 19.4. The second-order valence-corrected chi connectivity index (χ2v) is 8.93. The van der Waals surface area contributed by atoms with Crippen molar-refractivity contribution in [1.82, 2.24) is 24.1 Å². The molecule has 0 aliphatic carbocycles. The van der Waals surface area contributed by atoms with Crippen molar-refractivity contribution < 1.29 is 9.66 Å². The molecule has 0 amide bonds. The van der Waals surface area contributed by atoms with Gasteiger partial charge in [0, 0.05) is 12.7 Å². The monoisotopic (exact) mass is 490 g/mol. The van der Waals surface area contributed by atoms with Crippen LogP contribution in [0.25, 0.3) is 38.9 Å². The Bertz CT molecular complexity index is 1720. The van der Waals surface area contributed by atoms with Crippen molar-refractivity contribution in [3.63, 3.8) is 0 Å². The van der Waals surface area contributed by atoms with Crippen molar-refractivity contribution in [2.45, 2.75) is 32.4 Å². The second kappa shape index (κ2) is 8.10. The summed E-state index contributed by atoms with van der Waals surface area (Å²) in [5, 5.41) is 11.9. The van der Waals surface area contributed by atoms with Crippen LogP contribution in [0.15, 0.2) is 47.3 Å². The molecule has 11 heteroatoms. The predicted octanol–water partition coefficient (Wildman–Crippen LogP) is 4.33. The largest absolute Gasteiger partial charge is 0.376 e. The maximum Gasteiger partial charge on any atom is 0.289 e. The average Bonchev–Trinajstić information content (AvgIpc) is 3.46. The summed E-state index contributed by atoms with van der Waals surface area (Å²) in [5.74, 6) is 0.509. The van der Waals surface area contributed by atoms with Crippen molar-refractivity contribution in [2.75, 3.05) is 6.61 Å². The lowest BCUT2D eigenvalue weighted by Gasteiger charge is -2.14. The van der Waals surface area contributed by atoms with Gasteiger partial charge in [0.15, 0.2) is 11.3 Å². The Hall–Kier alpha value is -3.89. The topological polar surface area (TPSA) is 118 Å². The van der Waals surface area contributed by atoms with Gasteiger partial charge in [-0.2, -0.15) is 0 Å². The highest BCUT2D eigenvalue weighted by Crippen LogP contribution is 2.32. The highest BCUT2D eigenvalue weighted by molar-refractivity contribution is 6.32. The van der Waals surface area contributed by atoms with E-state index in [-0.39, 0.29) is 22.4 Å². The van der Waals surface area contributed by atoms with Crippen LogP contribution in [-0.2, 0) is 11.3 Å². The maximum absolute atomic E-state index is 13.8. The molecular weight excluding hydrogens is 472 g/mol. The van der Waals surface area contributed by atoms with Gasteiger partial charge in [-0.3, -0.25) is 24.0 Å². The van der Waals surface area contributed by atoms with E-state index in [2.05, 4.69) is 0 Å². The Balaban J connectivity index is 1.72. The number of aryl methyl sites for hydroxylation is 1. The van der Waals surface area contributed by atoms with E-state index in [1.165, 1.54) is 12.1 Å². The van der Waals surface area contributed by atoms with Crippen LogP contribution < -0.4 is 5.56 Å². The minimum atomic E-state index is -0.548. The highest BCUT2D eigenvalue weighted by Gasteiger charge is 2.25. The van der Waals surface area contributed by atoms with Crippen LogP contribution in [-0.4, -0.2) is 41.7 Å². The molecule has 0 spiro atoms. The molecule has 2 aromatic carbocycles. The van der Waals surface area contributed by atoms with Crippen LogP contribution in [0.3, 0.4) is 0 Å². The molecule has 1 atom stereocenters. The van der Waals surface area contributed by atoms with Gasteiger partial charge in [0.2, 0.25) is 0 Å². The van der Waals surface area contributed by atoms with E-state index in [1.54, 1.807) is 22.1 Å². The molecule has 4 heterocycles. The van der Waals surface area contributed by atoms with Gasteiger partial charge in [-0.25, -0.2) is 15.0 Å². The zero-order valence-electron chi connectivity index (χ0n) is 18.6. The number of para-hydroxylation sites is 2. The third kappa shape index (κ3) is 3.44. The summed E-state index contributed by atoms with van der Waals surface area (Å²) < 4.78 is 9.00. The first-order valence-electron chi connectivity index (χ1n) is 11.2. The number of aromatic nitrogens is 5. The Morgan fingerprint density at radius 1 is 1.14 bits per heavy atom. The molecular formula is C24H19ClN6O4. The van der Waals surface area contributed by atoms with E-state index in [0.717, 1.165) is 12.8 Å². The van der Waals surface area contributed by atoms with E-state index in [0.29, 0.717) is 57.9 Å². The van der Waals surface area contributed by atoms with Crippen LogP contribution in [0.4, 0.5) is 5.69 Å². The summed E-state index contributed by atoms with van der Waals surface area (Å²) in [4.78, 5) is 39.1. The number of rotatable bonds is 4. The van der Waals surface area contributed by atoms with Gasteiger partial charge < -0.3 is 4.74 Å². The molecule has 1 fully saturated rings. The molecule has 0 saturated carbocycles. The molecule has 1 unspecified atom stereocenters. The van der Waals surface area contributed by atoms with Gasteiger partial charge in [0.1, 0.15) is 21.7 Å². The van der Waals surface area contributed by atoms with E-state index in [9.17, 15) is 14.9 Å². The summed E-state index contributed by atoms with van der Waals surface area (Å²) >= 11 is 6.06. The first kappa shape index (κ1) is 21.6. The number of hydrogen-bond donors (Lipinski definition) is 0. The Labute approximate surface area is 202 Å². The van der Waals surface area contributed by atoms with Crippen molar-refractivity contribution >= 4 is 50.5 Å². The van der Waals surface area contributed by atoms with Gasteiger partial charge in [0.25, 0.3) is 11.2 Å². The first-order chi connectivity index (χ1) is 16.9. The summed E-state index contributed by atoms with van der Waals surface area (Å²) in [6.07, 6.45) is 1.79. The summed E-state index contributed by atoms with van der Waals surface area (Å²) in [6.45, 7) is 2.84. The SMILES string of the molecule is Cc1nc2c(c(=O)n1CC1CCCO1)c1nc3ccccc3nc1n2-c1ccc(Cl)c([N+](=O)[O-])c1. The fraction of sp³-hybridized carbons (Fsp3) is 0.250. The van der Waals surface area contributed by atoms with E-state index < -0.39 is 4.92 Å². The Morgan fingerprint density at radius 3 is 2.63 bits per heavy atom. The maximum atomic E-state index is 13.8. The smallest absolute Gasteiger partial charge is 0.289 e. The number of halogens is 1. The van der Waals surface area contributed by atoms with Gasteiger partial charge in [0.05, 0.1) is 34.3 Å². The van der Waals surface area contributed by atoms with E-state index in [1.807, 2.05) is 24.3 Å². The van der Waals surface area contributed by atoms with Crippen molar-refractivity contribution in [3.8, 4) is 5.69 Å². The number of nitro benzene ring substituents is 1. The summed E-state index contributed by atoms with van der Waals surface area (Å²) in [6, 6.07) is 11.8. The standard InChI is InChI=1S/C24H19ClN6O4/c1-13-26-22-20(24(32)29(13)12-15-5-4-10-35-15)21-23(28-18-7-3-2-6-17(18)27-21)30(22)14-8-9-16(25)19(11-14)31(33)34/h2-3,6-9,11,15H,4-5,10,12H2,1H3. The number of hydrogen-bond acceptors (Lipinski definition) is 7. The fourth-order valence-corrected chi connectivity index (χ4v) is 4.85. The first-order valence-corrected chi connectivity index (χ1v) is 11.5. The lowest BCUT2D eigenvalue weighted by molar-refractivity contribution is -0.384. The second-order valence-electron chi connectivity index (χ2n) is 8.52. The number of fused-ring (bicyclic) bond motifs is 4. The van der Waals surface area contributed by atoms with Crippen LogP contribution in [0.1, 0.15) is 18.7 Å². The average molecular weight is 491 g/mol. The third-order valence-corrected chi connectivity index (χ3v) is 6.67. The van der Waals surface area contributed by atoms with Gasteiger partial charge in [-0.1, -0.05) is 23.7 Å². The Morgan fingerprint density at radius 2 is 1.91 bits per heavy atom. The minimum absolute atomic E-state index is 0.0131. The summed E-state index contributed by atoms with van der Waals surface area (Å²) in [7, 11) is 0. The van der Waals surface area contributed by atoms with Crippen LogP contribution >= 0.6 is 11.6 Å². The lowest BCUT2D eigenvalue weighted by atomic mass is 10.2. The van der Waals surface area contributed by atoms with Crippen LogP contribution in [0, 0.1) is 17.0 Å². The molecule has 35 heavy (non-hydrogen) atoms. The molecule has 0 radical (unpaired) electrons. The molecule has 176 valence electrons. The molecule has 0 N–H and O–H groups in total. The van der Waals surface area contributed by atoms with Crippen LogP contribution in [0.5, 0.6) is 0 Å². The molecule has 1 aliphatic heterocycles. The number of nitrogens with zero attached hydrogens (tertiary/aromatic N) is 6. The van der Waals surface area contributed by atoms with Gasteiger partial charge in [-0.15, -0.1) is 0 Å². The Kier molecular flexibility index (Phi) is 5.01. The normalized spacial score (nSPS) is 16.0. The van der Waals surface area contributed by atoms with Crippen molar-refractivity contribution in [1.29, 1.82) is 0 Å². The van der Waals surface area contributed by atoms with Gasteiger partial charge in [-0.05, 0) is 44.0 Å². The third-order valence-electron chi connectivity index (χ3n) is 6.35. The molecule has 3 aromatic heterocycles. The van der Waals surface area contributed by atoms with Crippen LogP contribution in [0.2, 0.25) is 5.02 Å². The quantitative estimate of drug-likeness (QED) is 0.271. The fourth-order valence-electron chi connectivity index (χ4n) is 4.66. The number of ether oxygens (including phenoxy) is 1. The molecule has 10 nitrogen and oxygen atoms in total. The van der Waals surface area contributed by atoms with Crippen molar-refractivity contribution in [3.05, 3.63) is 73.8 Å². The van der Waals surface area contributed by atoms with Gasteiger partial charge >= 0.3 is 0 Å². The van der Waals surface area contributed by atoms with E-state index >= 15 is 0 Å². The molecule has 5 aromatic rings. The summed E-state index contributed by atoms with van der Waals surface area (Å²) in [5.41, 5.74) is 2.27. The molecule has 6 rings (SSSR count). The number of benzene rings is 2. The lowest BCUT2D eigenvalue weighted by Crippen LogP contribution is -2.29.